The van der Waals surface area contributed by atoms with Crippen molar-refractivity contribution >= 4 is 23.2 Å². The fourth-order valence-electron chi connectivity index (χ4n) is 7.77. The number of nitrogens with one attached hydrogen (secondary N) is 1. The monoisotopic (exact) mass is 527 g/mol. The average Bonchev–Trinajstić information content (AvgIpc) is 3.42. The number of likely N-dealkylation sites (tertiary alicyclic amines) is 1. The summed E-state index contributed by atoms with van der Waals surface area (Å²) in [6.45, 7) is 2.75. The molecule has 6 atom stereocenters. The zero-order chi connectivity index (χ0) is 27.4. The van der Waals surface area contributed by atoms with Gasteiger partial charge in [0.1, 0.15) is 28.7 Å². The van der Waals surface area contributed by atoms with Crippen molar-refractivity contribution in [1.82, 2.24) is 10.2 Å². The molecule has 1 saturated heterocycles. The standard InChI is InChI=1S/C27H30FN3O7/c1-3-30-19-13-8-10-7-11-16(21(32)12-6-9-4-5-31(2)20(9)15(12)18(11)28)22(33)14(10)24(35)27(13,38)25(36)17(23(19)34)26(29)37/h9-10,13,19-20,30,32-33,36,38H,3-8H2,1-2H3,(H2,29,37)/t9-,10+,13+,19+,20?,27+/m1/s1. The van der Waals surface area contributed by atoms with Crippen LogP contribution in [0.25, 0.3) is 5.76 Å². The van der Waals surface area contributed by atoms with Gasteiger partial charge in [0.25, 0.3) is 5.91 Å². The van der Waals surface area contributed by atoms with Gasteiger partial charge in [-0.2, -0.15) is 0 Å². The van der Waals surface area contributed by atoms with Crippen molar-refractivity contribution in [2.75, 3.05) is 20.1 Å². The quantitative estimate of drug-likeness (QED) is 0.309. The number of ketones is 2. The number of amides is 1. The molecular weight excluding hydrogens is 497 g/mol. The van der Waals surface area contributed by atoms with Crippen molar-refractivity contribution in [2.45, 2.75) is 50.3 Å². The predicted octanol–water partition coefficient (Wildman–Crippen LogP) is 0.700. The zero-order valence-electron chi connectivity index (χ0n) is 21.0. The van der Waals surface area contributed by atoms with Gasteiger partial charge in [-0.05, 0) is 57.7 Å². The highest BCUT2D eigenvalue weighted by atomic mass is 19.1. The van der Waals surface area contributed by atoms with Gasteiger partial charge in [0.2, 0.25) is 5.78 Å². The molecule has 1 aromatic carbocycles. The van der Waals surface area contributed by atoms with Crippen molar-refractivity contribution in [3.05, 3.63) is 45.0 Å². The average molecular weight is 528 g/mol. The van der Waals surface area contributed by atoms with E-state index in [-0.39, 0.29) is 53.8 Å². The zero-order valence-corrected chi connectivity index (χ0v) is 21.0. The van der Waals surface area contributed by atoms with Crippen LogP contribution in [0.1, 0.15) is 48.1 Å². The van der Waals surface area contributed by atoms with Crippen molar-refractivity contribution in [1.29, 1.82) is 0 Å². The summed E-state index contributed by atoms with van der Waals surface area (Å²) in [6, 6.07) is -1.40. The lowest BCUT2D eigenvalue weighted by Gasteiger charge is -2.49. The lowest BCUT2D eigenvalue weighted by Crippen LogP contribution is -2.66. The Bertz CT molecular complexity index is 1400. The minimum Gasteiger partial charge on any atom is -0.508 e. The first kappa shape index (κ1) is 25.0. The van der Waals surface area contributed by atoms with Gasteiger partial charge in [-0.25, -0.2) is 4.39 Å². The van der Waals surface area contributed by atoms with Gasteiger partial charge in [0.05, 0.1) is 11.6 Å². The van der Waals surface area contributed by atoms with E-state index in [1.54, 1.807) is 6.92 Å². The number of phenolic OH excluding ortho intramolecular Hbond substituents is 1. The number of likely N-dealkylation sites (N-methyl/N-ethyl adjacent to an activating group) is 1. The van der Waals surface area contributed by atoms with Crippen molar-refractivity contribution < 1.29 is 39.2 Å². The minimum absolute atomic E-state index is 0.0546. The topological polar surface area (TPSA) is 173 Å². The summed E-state index contributed by atoms with van der Waals surface area (Å²) in [4.78, 5) is 41.1. The lowest BCUT2D eigenvalue weighted by molar-refractivity contribution is -0.150. The summed E-state index contributed by atoms with van der Waals surface area (Å²) in [5.74, 6) is -7.74. The Morgan fingerprint density at radius 1 is 1.21 bits per heavy atom. The smallest absolute Gasteiger partial charge is 0.255 e. The Labute approximate surface area is 217 Å². The fourth-order valence-corrected chi connectivity index (χ4v) is 7.77. The van der Waals surface area contributed by atoms with Crippen LogP contribution in [0.4, 0.5) is 4.39 Å². The molecule has 1 aromatic rings. The summed E-state index contributed by atoms with van der Waals surface area (Å²) in [7, 11) is 1.91. The Morgan fingerprint density at radius 2 is 1.92 bits per heavy atom. The Hall–Kier alpha value is -3.28. The predicted molar refractivity (Wildman–Crippen MR) is 131 cm³/mol. The molecule has 1 saturated carbocycles. The molecule has 5 aliphatic rings. The summed E-state index contributed by atoms with van der Waals surface area (Å²) >= 11 is 0. The molecule has 1 aliphatic heterocycles. The van der Waals surface area contributed by atoms with Crippen molar-refractivity contribution in [3.63, 3.8) is 0 Å². The van der Waals surface area contributed by atoms with Crippen LogP contribution < -0.4 is 11.1 Å². The van der Waals surface area contributed by atoms with E-state index < -0.39 is 63.9 Å². The van der Waals surface area contributed by atoms with E-state index in [1.165, 1.54) is 0 Å². The molecule has 11 heteroatoms. The third kappa shape index (κ3) is 2.89. The van der Waals surface area contributed by atoms with E-state index in [0.29, 0.717) is 17.5 Å². The number of aromatic hydroxyl groups is 1. The molecule has 202 valence electrons. The summed E-state index contributed by atoms with van der Waals surface area (Å²) in [5, 5.41) is 48.0. The van der Waals surface area contributed by atoms with Gasteiger partial charge in [0.15, 0.2) is 11.4 Å². The second kappa shape index (κ2) is 8.11. The molecule has 4 aliphatic carbocycles. The van der Waals surface area contributed by atoms with E-state index in [2.05, 4.69) is 10.2 Å². The molecule has 0 radical (unpaired) electrons. The molecule has 0 aromatic heterocycles. The maximum Gasteiger partial charge on any atom is 0.255 e. The van der Waals surface area contributed by atoms with Crippen LogP contribution in [-0.2, 0) is 27.2 Å². The maximum absolute atomic E-state index is 16.2. The first-order chi connectivity index (χ1) is 17.9. The number of aliphatic hydroxyl groups is 3. The summed E-state index contributed by atoms with van der Waals surface area (Å²) < 4.78 is 16.2. The number of primary amides is 1. The first-order valence-corrected chi connectivity index (χ1v) is 12.9. The van der Waals surface area contributed by atoms with Gasteiger partial charge in [-0.1, -0.05) is 6.92 Å². The Balaban J connectivity index is 1.55. The molecule has 2 fully saturated rings. The number of aliphatic hydroxyl groups excluding tert-OH is 2. The molecule has 1 heterocycles. The summed E-state index contributed by atoms with van der Waals surface area (Å²) in [5.41, 5.74) is 2.19. The number of fused-ring (bicyclic) bond motifs is 6. The third-order valence-electron chi connectivity index (χ3n) is 9.40. The van der Waals surface area contributed by atoms with E-state index in [4.69, 9.17) is 5.73 Å². The minimum atomic E-state index is -2.72. The van der Waals surface area contributed by atoms with Crippen LogP contribution in [0.2, 0.25) is 0 Å². The summed E-state index contributed by atoms with van der Waals surface area (Å²) in [6.07, 6.45) is 1.14. The van der Waals surface area contributed by atoms with Gasteiger partial charge in [-0.15, -0.1) is 0 Å². The molecule has 0 spiro atoms. The first-order valence-electron chi connectivity index (χ1n) is 12.9. The van der Waals surface area contributed by atoms with Crippen LogP contribution in [0.15, 0.2) is 16.9 Å². The molecule has 1 amide bonds. The van der Waals surface area contributed by atoms with Crippen LogP contribution in [0.3, 0.4) is 0 Å². The molecular formula is C27H30FN3O7. The SMILES string of the molecule is CCN[C@@H]1C(=O)C(C(N)=O)=C(O)[C@@]2(O)C(=O)C3=C(O)c4c(O)c5c(c(F)c4C[C@H]3C[C@@H]12)C1[C@H](CCN1C)C5. The molecule has 0 bridgehead atoms. The highest BCUT2D eigenvalue weighted by Gasteiger charge is 2.64. The number of rotatable bonds is 3. The largest absolute Gasteiger partial charge is 0.508 e. The van der Waals surface area contributed by atoms with Gasteiger partial charge < -0.3 is 31.5 Å². The van der Waals surface area contributed by atoms with E-state index in [9.17, 15) is 34.8 Å². The van der Waals surface area contributed by atoms with E-state index >= 15 is 4.39 Å². The molecule has 1 unspecified atom stereocenters. The number of halogens is 1. The number of nitrogens with two attached hydrogens (primary N) is 1. The van der Waals surface area contributed by atoms with E-state index in [1.807, 2.05) is 7.05 Å². The molecule has 7 N–H and O–H groups in total. The van der Waals surface area contributed by atoms with Crippen LogP contribution in [0.5, 0.6) is 5.75 Å². The number of phenols is 1. The van der Waals surface area contributed by atoms with Gasteiger partial charge in [0, 0.05) is 34.2 Å². The molecule has 10 nitrogen and oxygen atoms in total. The van der Waals surface area contributed by atoms with Crippen molar-refractivity contribution in [2.24, 2.45) is 23.5 Å². The second-order valence-electron chi connectivity index (χ2n) is 11.2. The van der Waals surface area contributed by atoms with E-state index in [0.717, 1.165) is 13.0 Å². The maximum atomic E-state index is 16.2. The number of carbonyl (C=O) groups is 3. The fraction of sp³-hybridized carbons (Fsp3) is 0.519. The van der Waals surface area contributed by atoms with Crippen LogP contribution in [0, 0.1) is 23.6 Å². The molecule has 6 rings (SSSR count). The number of Topliss-reactive ketones (excluding diaryl/α,β-unsaturated/α-hetero) is 2. The molecule has 38 heavy (non-hydrogen) atoms. The highest BCUT2D eigenvalue weighted by Crippen LogP contribution is 2.56. The number of benzene rings is 1. The van der Waals surface area contributed by atoms with Gasteiger partial charge in [-0.3, -0.25) is 19.3 Å². The Kier molecular flexibility index (Phi) is 5.34. The lowest BCUT2D eigenvalue weighted by atomic mass is 9.57. The number of hydrogen-bond donors (Lipinski definition) is 6. The third-order valence-corrected chi connectivity index (χ3v) is 9.40. The van der Waals surface area contributed by atoms with Crippen LogP contribution >= 0.6 is 0 Å². The van der Waals surface area contributed by atoms with Crippen LogP contribution in [-0.4, -0.2) is 74.6 Å². The second-order valence-corrected chi connectivity index (χ2v) is 11.2. The van der Waals surface area contributed by atoms with Gasteiger partial charge >= 0.3 is 0 Å². The number of hydrogen-bond acceptors (Lipinski definition) is 9. The highest BCUT2D eigenvalue weighted by molar-refractivity contribution is 6.24. The number of nitrogens with zero attached hydrogens (tertiary/aromatic N) is 1. The Morgan fingerprint density at radius 3 is 2.58 bits per heavy atom. The van der Waals surface area contributed by atoms with Crippen molar-refractivity contribution in [3.8, 4) is 5.75 Å². The number of carbonyl (C=O) groups excluding carboxylic acids is 3. The normalized spacial score (nSPS) is 34.2.